The minimum atomic E-state index is -0.327. The van der Waals surface area contributed by atoms with Crippen LogP contribution in [0.15, 0.2) is 70.5 Å². The van der Waals surface area contributed by atoms with Gasteiger partial charge in [-0.1, -0.05) is 30.0 Å². The summed E-state index contributed by atoms with van der Waals surface area (Å²) in [6.07, 6.45) is 0. The molecule has 29 heavy (non-hydrogen) atoms. The van der Waals surface area contributed by atoms with Crippen molar-refractivity contribution in [3.8, 4) is 0 Å². The van der Waals surface area contributed by atoms with Gasteiger partial charge in [-0.2, -0.15) is 0 Å². The van der Waals surface area contributed by atoms with Crippen LogP contribution < -0.4 is 15.5 Å². The number of amides is 3. The molecule has 0 aromatic heterocycles. The molecule has 3 amide bonds. The summed E-state index contributed by atoms with van der Waals surface area (Å²) in [5, 5.41) is 5.70. The number of carbonyl (C=O) groups is 2. The van der Waals surface area contributed by atoms with Gasteiger partial charge in [0.25, 0.3) is 5.91 Å². The molecule has 0 fully saturated rings. The normalized spacial score (nSPS) is 12.7. The number of anilines is 3. The van der Waals surface area contributed by atoms with Crippen LogP contribution >= 0.6 is 11.8 Å². The smallest absolute Gasteiger partial charge is 0.310 e. The molecule has 0 radical (unpaired) electrons. The fourth-order valence-corrected chi connectivity index (χ4v) is 4.28. The SMILES string of the molecule is Cc1ccc(NC(=O)Nc2ccc3c(c2)N(C)C(=O)c2ccccc2S3)cc1C. The third-order valence-corrected chi connectivity index (χ3v) is 6.13. The molecule has 3 aromatic rings. The molecule has 1 aliphatic heterocycles. The first-order valence-electron chi connectivity index (χ1n) is 9.26. The lowest BCUT2D eigenvalue weighted by Crippen LogP contribution is -2.26. The second-order valence-corrected chi connectivity index (χ2v) is 8.11. The summed E-state index contributed by atoms with van der Waals surface area (Å²) >= 11 is 1.55. The lowest BCUT2D eigenvalue weighted by Gasteiger charge is -2.18. The van der Waals surface area contributed by atoms with Gasteiger partial charge in [-0.15, -0.1) is 0 Å². The van der Waals surface area contributed by atoms with Crippen molar-refractivity contribution >= 4 is 40.8 Å². The highest BCUT2D eigenvalue weighted by molar-refractivity contribution is 7.99. The Morgan fingerprint density at radius 1 is 0.862 bits per heavy atom. The molecule has 1 aliphatic rings. The molecule has 146 valence electrons. The van der Waals surface area contributed by atoms with Crippen molar-refractivity contribution in [2.45, 2.75) is 23.6 Å². The Morgan fingerprint density at radius 2 is 1.55 bits per heavy atom. The monoisotopic (exact) mass is 403 g/mol. The van der Waals surface area contributed by atoms with E-state index in [4.69, 9.17) is 0 Å². The molecule has 0 aliphatic carbocycles. The van der Waals surface area contributed by atoms with Gasteiger partial charge in [-0.25, -0.2) is 4.79 Å². The highest BCUT2D eigenvalue weighted by Crippen LogP contribution is 2.41. The van der Waals surface area contributed by atoms with Crippen molar-refractivity contribution in [2.75, 3.05) is 22.6 Å². The van der Waals surface area contributed by atoms with E-state index < -0.39 is 0 Å². The van der Waals surface area contributed by atoms with Crippen LogP contribution in [0.2, 0.25) is 0 Å². The molecule has 1 heterocycles. The maximum Gasteiger partial charge on any atom is 0.323 e. The molecular formula is C23H21N3O2S. The fraction of sp³-hybridized carbons (Fsp3) is 0.130. The summed E-state index contributed by atoms with van der Waals surface area (Å²) in [5.41, 5.74) is 5.09. The minimum Gasteiger partial charge on any atom is -0.310 e. The zero-order chi connectivity index (χ0) is 20.5. The summed E-state index contributed by atoms with van der Waals surface area (Å²) in [7, 11) is 1.75. The quantitative estimate of drug-likeness (QED) is 0.578. The Bertz CT molecular complexity index is 1130. The van der Waals surface area contributed by atoms with Crippen molar-refractivity contribution in [1.82, 2.24) is 0 Å². The number of carbonyl (C=O) groups excluding carboxylic acids is 2. The first-order chi connectivity index (χ1) is 13.9. The van der Waals surface area contributed by atoms with Crippen molar-refractivity contribution in [3.63, 3.8) is 0 Å². The van der Waals surface area contributed by atoms with Crippen LogP contribution in [0.5, 0.6) is 0 Å². The second kappa shape index (κ2) is 7.64. The molecule has 0 spiro atoms. The van der Waals surface area contributed by atoms with Crippen LogP contribution in [0.3, 0.4) is 0 Å². The number of hydrogen-bond acceptors (Lipinski definition) is 3. The van der Waals surface area contributed by atoms with Crippen LogP contribution in [0.25, 0.3) is 0 Å². The summed E-state index contributed by atoms with van der Waals surface area (Å²) in [6, 6.07) is 18.6. The third-order valence-electron chi connectivity index (χ3n) is 4.98. The predicted molar refractivity (Wildman–Crippen MR) is 118 cm³/mol. The van der Waals surface area contributed by atoms with Crippen molar-refractivity contribution in [2.24, 2.45) is 0 Å². The van der Waals surface area contributed by atoms with E-state index in [2.05, 4.69) is 10.6 Å². The van der Waals surface area contributed by atoms with Gasteiger partial charge in [0.05, 0.1) is 11.3 Å². The van der Waals surface area contributed by atoms with Gasteiger partial charge < -0.3 is 15.5 Å². The summed E-state index contributed by atoms with van der Waals surface area (Å²) in [6.45, 7) is 4.04. The molecule has 6 heteroatoms. The molecule has 0 unspecified atom stereocenters. The average molecular weight is 404 g/mol. The van der Waals surface area contributed by atoms with Crippen LogP contribution in [0, 0.1) is 13.8 Å². The van der Waals surface area contributed by atoms with Crippen molar-refractivity contribution in [3.05, 3.63) is 77.4 Å². The Kier molecular flexibility index (Phi) is 5.03. The Morgan fingerprint density at radius 3 is 2.31 bits per heavy atom. The fourth-order valence-electron chi connectivity index (χ4n) is 3.20. The molecule has 4 rings (SSSR count). The number of nitrogens with one attached hydrogen (secondary N) is 2. The predicted octanol–water partition coefficient (Wildman–Crippen LogP) is 5.69. The number of aryl methyl sites for hydroxylation is 2. The molecule has 0 saturated carbocycles. The van der Waals surface area contributed by atoms with E-state index in [1.54, 1.807) is 23.7 Å². The van der Waals surface area contributed by atoms with Gasteiger partial charge in [-0.05, 0) is 67.4 Å². The molecular weight excluding hydrogens is 382 g/mol. The molecule has 0 saturated heterocycles. The topological polar surface area (TPSA) is 61.4 Å². The third kappa shape index (κ3) is 3.84. The number of nitrogens with zero attached hydrogens (tertiary/aromatic N) is 1. The van der Waals surface area contributed by atoms with E-state index in [0.29, 0.717) is 11.3 Å². The van der Waals surface area contributed by atoms with E-state index in [0.717, 1.165) is 26.7 Å². The molecule has 0 bridgehead atoms. The zero-order valence-corrected chi connectivity index (χ0v) is 17.3. The van der Waals surface area contributed by atoms with Crippen LogP contribution in [0.1, 0.15) is 21.5 Å². The van der Waals surface area contributed by atoms with Crippen LogP contribution in [-0.4, -0.2) is 19.0 Å². The van der Waals surface area contributed by atoms with Crippen LogP contribution in [-0.2, 0) is 0 Å². The standard InChI is InChI=1S/C23H21N3O2S/c1-14-8-9-16(12-15(14)2)24-23(28)25-17-10-11-21-19(13-17)26(3)22(27)18-6-4-5-7-20(18)29-21/h4-13H,1-3H3,(H2,24,25,28). The highest BCUT2D eigenvalue weighted by atomic mass is 32.2. The summed E-state index contributed by atoms with van der Waals surface area (Å²) < 4.78 is 0. The lowest BCUT2D eigenvalue weighted by molar-refractivity contribution is 0.0990. The van der Waals surface area contributed by atoms with Gasteiger partial charge in [0.15, 0.2) is 0 Å². The van der Waals surface area contributed by atoms with Gasteiger partial charge in [0.1, 0.15) is 0 Å². The van der Waals surface area contributed by atoms with E-state index >= 15 is 0 Å². The largest absolute Gasteiger partial charge is 0.323 e. The van der Waals surface area contributed by atoms with Crippen LogP contribution in [0.4, 0.5) is 21.9 Å². The van der Waals surface area contributed by atoms with Gasteiger partial charge >= 0.3 is 6.03 Å². The summed E-state index contributed by atoms with van der Waals surface area (Å²) in [4.78, 5) is 28.8. The van der Waals surface area contributed by atoms with Gasteiger partial charge in [-0.3, -0.25) is 4.79 Å². The Balaban J connectivity index is 1.56. The summed E-state index contributed by atoms with van der Waals surface area (Å²) in [5.74, 6) is -0.0661. The molecule has 5 nitrogen and oxygen atoms in total. The lowest BCUT2D eigenvalue weighted by atomic mass is 10.1. The molecule has 2 N–H and O–H groups in total. The second-order valence-electron chi connectivity index (χ2n) is 7.02. The molecule has 3 aromatic carbocycles. The van der Waals surface area contributed by atoms with Gasteiger partial charge in [0, 0.05) is 28.2 Å². The molecule has 0 atom stereocenters. The first kappa shape index (κ1) is 19.1. The van der Waals surface area contributed by atoms with Crippen molar-refractivity contribution < 1.29 is 9.59 Å². The van der Waals surface area contributed by atoms with E-state index in [-0.39, 0.29) is 11.9 Å². The Hall–Kier alpha value is -3.25. The maximum atomic E-state index is 12.8. The first-order valence-corrected chi connectivity index (χ1v) is 10.1. The van der Waals surface area contributed by atoms with E-state index in [9.17, 15) is 9.59 Å². The number of hydrogen-bond donors (Lipinski definition) is 2. The number of urea groups is 1. The number of rotatable bonds is 2. The maximum absolute atomic E-state index is 12.8. The zero-order valence-electron chi connectivity index (χ0n) is 16.4. The highest BCUT2D eigenvalue weighted by Gasteiger charge is 2.24. The van der Waals surface area contributed by atoms with E-state index in [1.165, 1.54) is 5.56 Å². The minimum absolute atomic E-state index is 0.0661. The van der Waals surface area contributed by atoms with E-state index in [1.807, 2.05) is 74.5 Å². The Labute approximate surface area is 174 Å². The average Bonchev–Trinajstić information content (AvgIpc) is 2.80. The number of fused-ring (bicyclic) bond motifs is 2. The van der Waals surface area contributed by atoms with Gasteiger partial charge in [0.2, 0.25) is 0 Å². The van der Waals surface area contributed by atoms with Crippen molar-refractivity contribution in [1.29, 1.82) is 0 Å². The number of benzene rings is 3.